The topological polar surface area (TPSA) is 63.0 Å². The Hall–Kier alpha value is -3.28. The molecule has 0 spiro atoms. The third-order valence-corrected chi connectivity index (χ3v) is 6.61. The van der Waals surface area contributed by atoms with Gasteiger partial charge in [-0.25, -0.2) is 4.79 Å². The van der Waals surface area contributed by atoms with Gasteiger partial charge in [0.05, 0.1) is 12.2 Å². The molecule has 0 radical (unpaired) electrons. The van der Waals surface area contributed by atoms with Crippen molar-refractivity contribution in [3.05, 3.63) is 69.6 Å². The summed E-state index contributed by atoms with van der Waals surface area (Å²) in [6.07, 6.45) is 2.71. The first-order chi connectivity index (χ1) is 15.5. The predicted molar refractivity (Wildman–Crippen MR) is 124 cm³/mol. The number of aryl methyl sites for hydroxylation is 2. The van der Waals surface area contributed by atoms with Crippen LogP contribution in [0.25, 0.3) is 11.0 Å². The first-order valence-electron chi connectivity index (χ1n) is 11.3. The van der Waals surface area contributed by atoms with Crippen LogP contribution >= 0.6 is 0 Å². The number of fused-ring (bicyclic) bond motifs is 2. The highest BCUT2D eigenvalue weighted by atomic mass is 16.5. The summed E-state index contributed by atoms with van der Waals surface area (Å²) in [7, 11) is 0. The van der Waals surface area contributed by atoms with Crippen molar-refractivity contribution in [2.75, 3.05) is 24.5 Å². The molecule has 3 heterocycles. The molecule has 1 aromatic heterocycles. The second kappa shape index (κ2) is 8.34. The van der Waals surface area contributed by atoms with Gasteiger partial charge in [-0.05, 0) is 74.1 Å². The molecule has 0 N–H and O–H groups in total. The molecule has 1 fully saturated rings. The molecule has 0 bridgehead atoms. The number of para-hydroxylation sites is 2. The number of hydrogen-bond donors (Lipinski definition) is 0. The predicted octanol–water partition coefficient (Wildman–Crippen LogP) is 4.19. The SMILES string of the molecule is Cc1cc2oc(=O)cc(CN3CC(C(=O)N4CCCCC4)Oc4ccccc43)c2cc1C. The van der Waals surface area contributed by atoms with Crippen LogP contribution in [-0.2, 0) is 11.3 Å². The second-order valence-corrected chi connectivity index (χ2v) is 8.86. The second-order valence-electron chi connectivity index (χ2n) is 8.86. The van der Waals surface area contributed by atoms with Crippen molar-refractivity contribution < 1.29 is 13.9 Å². The highest BCUT2D eigenvalue weighted by Gasteiger charge is 2.34. The van der Waals surface area contributed by atoms with Crippen molar-refractivity contribution in [3.8, 4) is 5.75 Å². The standard InChI is InChI=1S/C26H28N2O4/c1-17-12-20-19(14-25(29)32-23(20)13-18(17)2)15-28-16-24(26(30)27-10-6-3-7-11-27)31-22-9-5-4-8-21(22)28/h4-5,8-9,12-14,24H,3,6-7,10-11,15-16H2,1-2H3. The Balaban J connectivity index is 1.50. The zero-order valence-corrected chi connectivity index (χ0v) is 18.6. The number of carbonyl (C=O) groups is 1. The number of amides is 1. The summed E-state index contributed by atoms with van der Waals surface area (Å²) in [5.74, 6) is 0.751. The van der Waals surface area contributed by atoms with Crippen molar-refractivity contribution >= 4 is 22.6 Å². The molecule has 3 aromatic rings. The third-order valence-electron chi connectivity index (χ3n) is 6.61. The molecule has 1 amide bonds. The quantitative estimate of drug-likeness (QED) is 0.581. The van der Waals surface area contributed by atoms with E-state index < -0.39 is 6.10 Å². The number of piperidine rings is 1. The molecule has 1 unspecified atom stereocenters. The van der Waals surface area contributed by atoms with Crippen molar-refractivity contribution in [1.29, 1.82) is 0 Å². The van der Waals surface area contributed by atoms with Gasteiger partial charge in [0.2, 0.25) is 0 Å². The molecule has 32 heavy (non-hydrogen) atoms. The maximum Gasteiger partial charge on any atom is 0.336 e. The van der Waals surface area contributed by atoms with Crippen LogP contribution in [0.3, 0.4) is 0 Å². The number of anilines is 1. The fourth-order valence-corrected chi connectivity index (χ4v) is 4.72. The Morgan fingerprint density at radius 3 is 2.59 bits per heavy atom. The van der Waals surface area contributed by atoms with E-state index in [1.807, 2.05) is 42.2 Å². The first-order valence-corrected chi connectivity index (χ1v) is 11.3. The molecule has 2 aliphatic heterocycles. The van der Waals surface area contributed by atoms with E-state index in [9.17, 15) is 9.59 Å². The maximum absolute atomic E-state index is 13.2. The lowest BCUT2D eigenvalue weighted by molar-refractivity contribution is -0.139. The summed E-state index contributed by atoms with van der Waals surface area (Å²) in [6.45, 7) is 6.60. The van der Waals surface area contributed by atoms with Crippen molar-refractivity contribution in [3.63, 3.8) is 0 Å². The van der Waals surface area contributed by atoms with Crippen LogP contribution in [-0.4, -0.2) is 36.5 Å². The molecular formula is C26H28N2O4. The van der Waals surface area contributed by atoms with Gasteiger partial charge < -0.3 is 19.0 Å². The number of likely N-dealkylation sites (tertiary alicyclic amines) is 1. The summed E-state index contributed by atoms with van der Waals surface area (Å²) in [5.41, 5.74) is 4.28. The third kappa shape index (κ3) is 3.85. The van der Waals surface area contributed by atoms with Crippen LogP contribution in [0.5, 0.6) is 5.75 Å². The monoisotopic (exact) mass is 432 g/mol. The zero-order valence-electron chi connectivity index (χ0n) is 18.6. The lowest BCUT2D eigenvalue weighted by Crippen LogP contribution is -2.51. The van der Waals surface area contributed by atoms with Crippen LogP contribution in [0, 0.1) is 13.8 Å². The molecule has 1 atom stereocenters. The normalized spacial score (nSPS) is 18.4. The fourth-order valence-electron chi connectivity index (χ4n) is 4.72. The van der Waals surface area contributed by atoms with Gasteiger partial charge in [0, 0.05) is 31.1 Å². The number of benzene rings is 2. The molecule has 2 aliphatic rings. The summed E-state index contributed by atoms with van der Waals surface area (Å²) in [6, 6.07) is 13.4. The molecule has 5 rings (SSSR count). The van der Waals surface area contributed by atoms with E-state index in [2.05, 4.69) is 17.9 Å². The Morgan fingerprint density at radius 1 is 1.03 bits per heavy atom. The van der Waals surface area contributed by atoms with Gasteiger partial charge >= 0.3 is 5.63 Å². The molecular weight excluding hydrogens is 404 g/mol. The molecule has 6 nitrogen and oxygen atoms in total. The van der Waals surface area contributed by atoms with Crippen LogP contribution in [0.15, 0.2) is 51.7 Å². The van der Waals surface area contributed by atoms with E-state index in [1.54, 1.807) is 6.07 Å². The van der Waals surface area contributed by atoms with E-state index in [0.717, 1.165) is 53.7 Å². The molecule has 2 aromatic carbocycles. The van der Waals surface area contributed by atoms with Gasteiger partial charge in [-0.2, -0.15) is 0 Å². The van der Waals surface area contributed by atoms with Gasteiger partial charge in [-0.15, -0.1) is 0 Å². The van der Waals surface area contributed by atoms with Crippen LogP contribution in [0.1, 0.15) is 36.0 Å². The summed E-state index contributed by atoms with van der Waals surface area (Å²) in [4.78, 5) is 29.6. The van der Waals surface area contributed by atoms with Gasteiger partial charge in [-0.3, -0.25) is 4.79 Å². The summed E-state index contributed by atoms with van der Waals surface area (Å²) < 4.78 is 11.6. The number of carbonyl (C=O) groups excluding carboxylic acids is 1. The van der Waals surface area contributed by atoms with Crippen LogP contribution in [0.4, 0.5) is 5.69 Å². The minimum Gasteiger partial charge on any atom is -0.477 e. The highest BCUT2D eigenvalue weighted by molar-refractivity contribution is 5.84. The minimum absolute atomic E-state index is 0.0492. The van der Waals surface area contributed by atoms with E-state index in [0.29, 0.717) is 24.4 Å². The Morgan fingerprint density at radius 2 is 1.78 bits per heavy atom. The molecule has 166 valence electrons. The Kier molecular flexibility index (Phi) is 5.37. The van der Waals surface area contributed by atoms with Crippen molar-refractivity contribution in [2.45, 2.75) is 45.8 Å². The number of nitrogens with zero attached hydrogens (tertiary/aromatic N) is 2. The van der Waals surface area contributed by atoms with Crippen molar-refractivity contribution in [2.24, 2.45) is 0 Å². The fraction of sp³-hybridized carbons (Fsp3) is 0.385. The van der Waals surface area contributed by atoms with Gasteiger partial charge in [0.1, 0.15) is 11.3 Å². The average Bonchev–Trinajstić information content (AvgIpc) is 2.80. The van der Waals surface area contributed by atoms with Gasteiger partial charge in [0.25, 0.3) is 5.91 Å². The van der Waals surface area contributed by atoms with Crippen LogP contribution in [0.2, 0.25) is 0 Å². The first kappa shape index (κ1) is 20.6. The van der Waals surface area contributed by atoms with Gasteiger partial charge in [0.15, 0.2) is 6.10 Å². The zero-order chi connectivity index (χ0) is 22.2. The summed E-state index contributed by atoms with van der Waals surface area (Å²) in [5, 5.41) is 0.926. The Labute approximate surface area is 187 Å². The molecule has 6 heteroatoms. The molecule has 0 saturated carbocycles. The van der Waals surface area contributed by atoms with E-state index in [1.165, 1.54) is 6.42 Å². The Bertz CT molecular complexity index is 1230. The lowest BCUT2D eigenvalue weighted by atomic mass is 10.0. The van der Waals surface area contributed by atoms with Crippen molar-refractivity contribution in [1.82, 2.24) is 4.90 Å². The van der Waals surface area contributed by atoms with E-state index >= 15 is 0 Å². The summed E-state index contributed by atoms with van der Waals surface area (Å²) >= 11 is 0. The molecule has 1 saturated heterocycles. The minimum atomic E-state index is -0.557. The smallest absolute Gasteiger partial charge is 0.336 e. The average molecular weight is 433 g/mol. The lowest BCUT2D eigenvalue weighted by Gasteiger charge is -2.38. The largest absolute Gasteiger partial charge is 0.477 e. The highest BCUT2D eigenvalue weighted by Crippen LogP contribution is 2.35. The molecule has 0 aliphatic carbocycles. The van der Waals surface area contributed by atoms with Crippen LogP contribution < -0.4 is 15.3 Å². The number of hydrogen-bond acceptors (Lipinski definition) is 5. The van der Waals surface area contributed by atoms with E-state index in [-0.39, 0.29) is 11.5 Å². The van der Waals surface area contributed by atoms with E-state index in [4.69, 9.17) is 9.15 Å². The number of ether oxygens (including phenoxy) is 1. The number of rotatable bonds is 3. The maximum atomic E-state index is 13.2. The van der Waals surface area contributed by atoms with Gasteiger partial charge in [-0.1, -0.05) is 12.1 Å².